The summed E-state index contributed by atoms with van der Waals surface area (Å²) in [7, 11) is 1.39. The molecule has 1 fully saturated rings. The first-order valence-electron chi connectivity index (χ1n) is 6.37. The Morgan fingerprint density at radius 2 is 2.33 bits per heavy atom. The van der Waals surface area contributed by atoms with Crippen molar-refractivity contribution in [2.24, 2.45) is 11.7 Å². The van der Waals surface area contributed by atoms with Crippen molar-refractivity contribution in [1.29, 1.82) is 0 Å². The third kappa shape index (κ3) is 2.27. The number of nitrogens with zero attached hydrogens (tertiary/aromatic N) is 2. The molecule has 18 heavy (non-hydrogen) atoms. The quantitative estimate of drug-likeness (QED) is 0.800. The second kappa shape index (κ2) is 4.72. The van der Waals surface area contributed by atoms with Crippen LogP contribution >= 0.6 is 0 Å². The van der Waals surface area contributed by atoms with Crippen LogP contribution in [0.2, 0.25) is 0 Å². The number of ether oxygens (including phenoxy) is 1. The normalized spacial score (nSPS) is 18.7. The number of carbonyl (C=O) groups is 1. The number of methoxy groups -OCH3 is 1. The number of aromatic nitrogens is 2. The van der Waals surface area contributed by atoms with Gasteiger partial charge in [-0.1, -0.05) is 13.8 Å². The predicted octanol–water partition coefficient (Wildman–Crippen LogP) is 1.29. The molecule has 1 saturated carbocycles. The first-order valence-corrected chi connectivity index (χ1v) is 6.37. The van der Waals surface area contributed by atoms with Gasteiger partial charge in [0.25, 0.3) is 0 Å². The molecule has 0 aromatic carbocycles. The Balaban J connectivity index is 2.24. The average Bonchev–Trinajstić information content (AvgIpc) is 3.09. The fourth-order valence-corrected chi connectivity index (χ4v) is 2.39. The summed E-state index contributed by atoms with van der Waals surface area (Å²) in [6, 6.07) is 0. The Labute approximate surface area is 107 Å². The highest BCUT2D eigenvalue weighted by molar-refractivity contribution is 5.81. The molecule has 5 nitrogen and oxygen atoms in total. The van der Waals surface area contributed by atoms with Crippen LogP contribution in [0, 0.1) is 5.92 Å². The van der Waals surface area contributed by atoms with Crippen LogP contribution in [-0.2, 0) is 16.1 Å². The van der Waals surface area contributed by atoms with Gasteiger partial charge in [0, 0.05) is 18.3 Å². The van der Waals surface area contributed by atoms with E-state index in [0.29, 0.717) is 12.5 Å². The third-order valence-electron chi connectivity index (χ3n) is 3.57. The van der Waals surface area contributed by atoms with Gasteiger partial charge in [-0.05, 0) is 18.8 Å². The van der Waals surface area contributed by atoms with Gasteiger partial charge in [0.1, 0.15) is 11.4 Å². The topological polar surface area (TPSA) is 70.1 Å². The lowest BCUT2D eigenvalue weighted by molar-refractivity contribution is -0.148. The summed E-state index contributed by atoms with van der Waals surface area (Å²) >= 11 is 0. The molecule has 1 aromatic heterocycles. The lowest BCUT2D eigenvalue weighted by Crippen LogP contribution is -2.54. The maximum atomic E-state index is 11.9. The van der Waals surface area contributed by atoms with Crippen LogP contribution in [0.15, 0.2) is 12.4 Å². The van der Waals surface area contributed by atoms with E-state index in [2.05, 4.69) is 18.8 Å². The average molecular weight is 251 g/mol. The highest BCUT2D eigenvalue weighted by atomic mass is 16.5. The molecule has 0 bridgehead atoms. The summed E-state index contributed by atoms with van der Waals surface area (Å²) in [5.74, 6) is 1.16. The van der Waals surface area contributed by atoms with E-state index in [0.717, 1.165) is 18.7 Å². The molecule has 1 unspecified atom stereocenters. The molecule has 0 saturated heterocycles. The molecule has 1 aromatic rings. The minimum Gasteiger partial charge on any atom is -0.468 e. The van der Waals surface area contributed by atoms with E-state index in [9.17, 15) is 4.79 Å². The Hall–Kier alpha value is -1.36. The van der Waals surface area contributed by atoms with E-state index in [1.54, 1.807) is 6.20 Å². The van der Waals surface area contributed by atoms with Crippen molar-refractivity contribution in [1.82, 2.24) is 9.55 Å². The monoisotopic (exact) mass is 251 g/mol. The van der Waals surface area contributed by atoms with Crippen molar-refractivity contribution in [2.75, 3.05) is 7.11 Å². The van der Waals surface area contributed by atoms with Gasteiger partial charge in [0.05, 0.1) is 13.7 Å². The van der Waals surface area contributed by atoms with Crippen LogP contribution in [-0.4, -0.2) is 28.2 Å². The number of hydrogen-bond acceptors (Lipinski definition) is 4. The summed E-state index contributed by atoms with van der Waals surface area (Å²) < 4.78 is 6.84. The van der Waals surface area contributed by atoms with Gasteiger partial charge in [0.15, 0.2) is 0 Å². The van der Waals surface area contributed by atoms with Crippen molar-refractivity contribution in [3.8, 4) is 0 Å². The zero-order valence-electron chi connectivity index (χ0n) is 11.2. The third-order valence-corrected chi connectivity index (χ3v) is 3.57. The van der Waals surface area contributed by atoms with E-state index < -0.39 is 5.54 Å². The van der Waals surface area contributed by atoms with E-state index >= 15 is 0 Å². The fraction of sp³-hybridized carbons (Fsp3) is 0.692. The van der Waals surface area contributed by atoms with Gasteiger partial charge in [-0.2, -0.15) is 0 Å². The molecule has 5 heteroatoms. The number of nitrogens with two attached hydrogens (primary N) is 1. The molecule has 1 atom stereocenters. The lowest BCUT2D eigenvalue weighted by Gasteiger charge is -2.28. The molecule has 0 amide bonds. The molecule has 100 valence electrons. The maximum Gasteiger partial charge on any atom is 0.327 e. The van der Waals surface area contributed by atoms with E-state index in [4.69, 9.17) is 10.5 Å². The largest absolute Gasteiger partial charge is 0.468 e. The van der Waals surface area contributed by atoms with Crippen molar-refractivity contribution in [2.45, 2.75) is 44.7 Å². The number of esters is 1. The summed E-state index contributed by atoms with van der Waals surface area (Å²) in [5, 5.41) is 0. The van der Waals surface area contributed by atoms with Crippen LogP contribution in [0.25, 0.3) is 0 Å². The van der Waals surface area contributed by atoms with Gasteiger partial charge in [-0.3, -0.25) is 0 Å². The molecule has 0 radical (unpaired) electrons. The molecule has 1 aliphatic rings. The first-order chi connectivity index (χ1) is 8.49. The zero-order valence-corrected chi connectivity index (χ0v) is 11.2. The number of rotatable bonds is 5. The number of hydrogen-bond donors (Lipinski definition) is 1. The molecule has 1 aliphatic carbocycles. The van der Waals surface area contributed by atoms with Crippen LogP contribution < -0.4 is 5.73 Å². The fourth-order valence-electron chi connectivity index (χ4n) is 2.39. The van der Waals surface area contributed by atoms with E-state index in [1.165, 1.54) is 7.11 Å². The summed E-state index contributed by atoms with van der Waals surface area (Å²) in [4.78, 5) is 16.3. The molecule has 2 N–H and O–H groups in total. The van der Waals surface area contributed by atoms with Crippen molar-refractivity contribution < 1.29 is 9.53 Å². The van der Waals surface area contributed by atoms with Crippen LogP contribution in [0.4, 0.5) is 0 Å². The lowest BCUT2D eigenvalue weighted by atomic mass is 9.94. The second-order valence-electron chi connectivity index (χ2n) is 5.37. The molecule has 1 heterocycles. The Kier molecular flexibility index (Phi) is 3.43. The molecule has 0 aliphatic heterocycles. The Morgan fingerprint density at radius 1 is 1.67 bits per heavy atom. The molecule has 0 spiro atoms. The summed E-state index contributed by atoms with van der Waals surface area (Å²) in [6.45, 7) is 4.59. The summed E-state index contributed by atoms with van der Waals surface area (Å²) in [5.41, 5.74) is 5.38. The highest BCUT2D eigenvalue weighted by Gasteiger charge is 2.49. The molecular weight excluding hydrogens is 230 g/mol. The van der Waals surface area contributed by atoms with E-state index in [-0.39, 0.29) is 11.9 Å². The number of imidazole rings is 1. The summed E-state index contributed by atoms with van der Waals surface area (Å²) in [6.07, 6.45) is 5.62. The highest BCUT2D eigenvalue weighted by Crippen LogP contribution is 2.40. The smallest absolute Gasteiger partial charge is 0.327 e. The first kappa shape index (κ1) is 13.1. The zero-order chi connectivity index (χ0) is 13.3. The van der Waals surface area contributed by atoms with Gasteiger partial charge in [0.2, 0.25) is 0 Å². The molecular formula is C13H21N3O2. The van der Waals surface area contributed by atoms with Crippen LogP contribution in [0.3, 0.4) is 0 Å². The second-order valence-corrected chi connectivity index (χ2v) is 5.37. The number of carbonyl (C=O) groups excluding carboxylic acids is 1. The van der Waals surface area contributed by atoms with Gasteiger partial charge < -0.3 is 15.0 Å². The standard InChI is InChI=1S/C13H21N3O2/c1-9(2)11-15-6-7-16(11)8-13(14,10-4-5-10)12(17)18-3/h6-7,9-10H,4-5,8,14H2,1-3H3. The van der Waals surface area contributed by atoms with Crippen molar-refractivity contribution >= 4 is 5.97 Å². The van der Waals surface area contributed by atoms with Crippen molar-refractivity contribution in [3.63, 3.8) is 0 Å². The van der Waals surface area contributed by atoms with Crippen LogP contribution in [0.5, 0.6) is 0 Å². The van der Waals surface area contributed by atoms with Gasteiger partial charge >= 0.3 is 5.97 Å². The van der Waals surface area contributed by atoms with E-state index in [1.807, 2.05) is 10.8 Å². The SMILES string of the molecule is COC(=O)C(N)(Cn1ccnc1C(C)C)C1CC1. The minimum absolute atomic E-state index is 0.229. The van der Waals surface area contributed by atoms with Crippen LogP contribution in [0.1, 0.15) is 38.4 Å². The predicted molar refractivity (Wildman–Crippen MR) is 68.0 cm³/mol. The van der Waals surface area contributed by atoms with Crippen molar-refractivity contribution in [3.05, 3.63) is 18.2 Å². The minimum atomic E-state index is -0.918. The van der Waals surface area contributed by atoms with Gasteiger partial charge in [-0.15, -0.1) is 0 Å². The Bertz CT molecular complexity index is 437. The molecule has 2 rings (SSSR count). The van der Waals surface area contributed by atoms with Gasteiger partial charge in [-0.25, -0.2) is 9.78 Å². The Morgan fingerprint density at radius 3 is 2.83 bits per heavy atom. The maximum absolute atomic E-state index is 11.9.